The summed E-state index contributed by atoms with van der Waals surface area (Å²) in [5.41, 5.74) is 1.51. The molecule has 0 bridgehead atoms. The average molecular weight is 411 g/mol. The van der Waals surface area contributed by atoms with E-state index in [1.165, 1.54) is 24.2 Å². The molecule has 3 aliphatic heterocycles. The van der Waals surface area contributed by atoms with Crippen molar-refractivity contribution in [3.05, 3.63) is 11.6 Å². The van der Waals surface area contributed by atoms with Gasteiger partial charge in [0, 0.05) is 17.1 Å². The van der Waals surface area contributed by atoms with Crippen LogP contribution in [0.2, 0.25) is 0 Å². The van der Waals surface area contributed by atoms with Crippen LogP contribution in [0.3, 0.4) is 0 Å². The van der Waals surface area contributed by atoms with Crippen LogP contribution in [-0.2, 0) is 18.9 Å². The van der Waals surface area contributed by atoms with Gasteiger partial charge < -0.3 is 18.9 Å². The van der Waals surface area contributed by atoms with Gasteiger partial charge in [-0.15, -0.1) is 0 Å². The topological polar surface area (TPSA) is 36.9 Å². The summed E-state index contributed by atoms with van der Waals surface area (Å²) in [6, 6.07) is 0. The van der Waals surface area contributed by atoms with Crippen LogP contribution in [-0.4, -0.2) is 49.5 Å². The molecule has 4 rings (SSSR count). The second-order valence-electron chi connectivity index (χ2n) is 9.46. The van der Waals surface area contributed by atoms with E-state index in [1.807, 2.05) is 6.92 Å². The van der Waals surface area contributed by atoms with Gasteiger partial charge in [-0.3, -0.25) is 0 Å². The van der Waals surface area contributed by atoms with Crippen molar-refractivity contribution < 1.29 is 18.9 Å². The summed E-state index contributed by atoms with van der Waals surface area (Å²) in [5.74, 6) is 4.06. The van der Waals surface area contributed by atoms with Crippen molar-refractivity contribution in [3.8, 4) is 0 Å². The van der Waals surface area contributed by atoms with Crippen molar-refractivity contribution >= 4 is 11.8 Å². The van der Waals surface area contributed by atoms with E-state index in [-0.39, 0.29) is 18.7 Å². The molecule has 0 radical (unpaired) electrons. The maximum atomic E-state index is 6.57. The molecule has 4 aliphatic rings. The van der Waals surface area contributed by atoms with Crippen molar-refractivity contribution in [1.29, 1.82) is 0 Å². The minimum absolute atomic E-state index is 0.0658. The van der Waals surface area contributed by atoms with E-state index in [9.17, 15) is 0 Å². The summed E-state index contributed by atoms with van der Waals surface area (Å²) in [5, 5.41) is 0.796. The minimum atomic E-state index is -0.0952. The molecule has 0 N–H and O–H groups in total. The van der Waals surface area contributed by atoms with Crippen molar-refractivity contribution in [2.75, 3.05) is 25.6 Å². The second kappa shape index (κ2) is 9.38. The summed E-state index contributed by atoms with van der Waals surface area (Å²) in [6.45, 7) is 11.2. The molecule has 0 aromatic carbocycles. The third-order valence-corrected chi connectivity index (χ3v) is 8.83. The molecular weight excluding hydrogens is 372 g/mol. The fraction of sp³-hybridized carbons (Fsp3) is 0.913. The molecule has 3 fully saturated rings. The Balaban J connectivity index is 1.53. The van der Waals surface area contributed by atoms with Gasteiger partial charge in [-0.05, 0) is 70.0 Å². The van der Waals surface area contributed by atoms with Gasteiger partial charge in [-0.25, -0.2) is 0 Å². The number of thioether (sulfide) groups is 1. The van der Waals surface area contributed by atoms with Crippen molar-refractivity contribution in [1.82, 2.24) is 0 Å². The van der Waals surface area contributed by atoms with Gasteiger partial charge in [0.15, 0.2) is 12.6 Å². The lowest BCUT2D eigenvalue weighted by Gasteiger charge is -2.49. The Morgan fingerprint density at radius 3 is 2.32 bits per heavy atom. The van der Waals surface area contributed by atoms with Crippen LogP contribution in [0, 0.1) is 29.6 Å². The molecule has 0 amide bonds. The first-order valence-electron chi connectivity index (χ1n) is 11.3. The molecule has 28 heavy (non-hydrogen) atoms. The first-order chi connectivity index (χ1) is 13.5. The predicted molar refractivity (Wildman–Crippen MR) is 113 cm³/mol. The van der Waals surface area contributed by atoms with Crippen molar-refractivity contribution in [3.63, 3.8) is 0 Å². The Bertz CT molecular complexity index is 537. The van der Waals surface area contributed by atoms with Crippen molar-refractivity contribution in [2.24, 2.45) is 29.6 Å². The molecule has 3 heterocycles. The smallest absolute Gasteiger partial charge is 0.155 e. The SMILES string of the molecule is CC1=CCC(C2COC(C)OC2)C(C2OC(C)OCC2C2CCC(C)SC2)C1. The molecule has 160 valence electrons. The number of allylic oxidation sites excluding steroid dienone is 2. The van der Waals surface area contributed by atoms with Gasteiger partial charge in [0.05, 0.1) is 25.9 Å². The maximum Gasteiger partial charge on any atom is 0.155 e. The lowest BCUT2D eigenvalue weighted by molar-refractivity contribution is -0.259. The van der Waals surface area contributed by atoms with Crippen LogP contribution in [0.5, 0.6) is 0 Å². The van der Waals surface area contributed by atoms with Crippen LogP contribution in [0.15, 0.2) is 11.6 Å². The average Bonchev–Trinajstić information content (AvgIpc) is 2.69. The van der Waals surface area contributed by atoms with E-state index in [0.29, 0.717) is 29.6 Å². The van der Waals surface area contributed by atoms with Gasteiger partial charge in [0.1, 0.15) is 0 Å². The zero-order valence-corrected chi connectivity index (χ0v) is 18.8. The third-order valence-electron chi connectivity index (χ3n) is 7.40. The minimum Gasteiger partial charge on any atom is -0.353 e. The first kappa shape index (κ1) is 21.2. The molecule has 7 unspecified atom stereocenters. The summed E-state index contributed by atoms with van der Waals surface area (Å²) in [6.07, 6.45) is 7.47. The molecule has 0 aromatic heterocycles. The highest BCUT2D eigenvalue weighted by Gasteiger charge is 2.46. The Morgan fingerprint density at radius 1 is 0.857 bits per heavy atom. The zero-order chi connectivity index (χ0) is 19.7. The third kappa shape index (κ3) is 4.80. The van der Waals surface area contributed by atoms with Crippen LogP contribution in [0.25, 0.3) is 0 Å². The van der Waals surface area contributed by atoms with Crippen molar-refractivity contribution in [2.45, 2.75) is 77.3 Å². The number of hydrogen-bond donors (Lipinski definition) is 0. The van der Waals surface area contributed by atoms with E-state index in [2.05, 4.69) is 38.6 Å². The molecule has 4 nitrogen and oxygen atoms in total. The molecule has 3 saturated heterocycles. The predicted octanol–water partition coefficient (Wildman–Crippen LogP) is 4.88. The quantitative estimate of drug-likeness (QED) is 0.620. The molecule has 0 aromatic rings. The molecule has 0 spiro atoms. The summed E-state index contributed by atoms with van der Waals surface area (Å²) in [4.78, 5) is 0. The second-order valence-corrected chi connectivity index (χ2v) is 10.9. The first-order valence-corrected chi connectivity index (χ1v) is 12.3. The van der Waals surface area contributed by atoms with Gasteiger partial charge in [-0.1, -0.05) is 18.6 Å². The number of hydrogen-bond acceptors (Lipinski definition) is 5. The highest BCUT2D eigenvalue weighted by Crippen LogP contribution is 2.46. The van der Waals surface area contributed by atoms with Gasteiger partial charge in [-0.2, -0.15) is 11.8 Å². The Kier molecular flexibility index (Phi) is 7.09. The Labute approximate surface area is 175 Å². The van der Waals surface area contributed by atoms with Crippen LogP contribution in [0.1, 0.15) is 53.4 Å². The highest BCUT2D eigenvalue weighted by molar-refractivity contribution is 7.99. The summed E-state index contributed by atoms with van der Waals surface area (Å²) in [7, 11) is 0. The molecule has 0 saturated carbocycles. The number of rotatable bonds is 3. The lowest BCUT2D eigenvalue weighted by atomic mass is 9.66. The van der Waals surface area contributed by atoms with E-state index < -0.39 is 0 Å². The standard InChI is InChI=1S/C23H38O4S/c1-14-5-8-20(19-10-24-16(3)25-11-19)21(9-14)23-22(12-26-17(4)27-23)18-7-6-15(2)28-13-18/h5,15-23H,6-13H2,1-4H3. The summed E-state index contributed by atoms with van der Waals surface area (Å²) < 4.78 is 24.3. The maximum absolute atomic E-state index is 6.57. The monoisotopic (exact) mass is 410 g/mol. The zero-order valence-electron chi connectivity index (χ0n) is 18.0. The largest absolute Gasteiger partial charge is 0.353 e. The highest BCUT2D eigenvalue weighted by atomic mass is 32.2. The normalized spacial score (nSPS) is 48.1. The molecule has 5 heteroatoms. The van der Waals surface area contributed by atoms with E-state index in [4.69, 9.17) is 18.9 Å². The van der Waals surface area contributed by atoms with Crippen LogP contribution >= 0.6 is 11.8 Å². The number of ether oxygens (including phenoxy) is 4. The van der Waals surface area contributed by atoms with Gasteiger partial charge in [0.25, 0.3) is 0 Å². The van der Waals surface area contributed by atoms with E-state index in [0.717, 1.165) is 37.9 Å². The molecule has 1 aliphatic carbocycles. The van der Waals surface area contributed by atoms with E-state index in [1.54, 1.807) is 0 Å². The Hall–Kier alpha value is -0.0700. The van der Waals surface area contributed by atoms with E-state index >= 15 is 0 Å². The Morgan fingerprint density at radius 2 is 1.61 bits per heavy atom. The fourth-order valence-corrected chi connectivity index (χ4v) is 6.94. The van der Waals surface area contributed by atoms with Crippen LogP contribution < -0.4 is 0 Å². The molecule has 7 atom stereocenters. The fourth-order valence-electron chi connectivity index (χ4n) is 5.65. The van der Waals surface area contributed by atoms with Crippen LogP contribution in [0.4, 0.5) is 0 Å². The van der Waals surface area contributed by atoms with Gasteiger partial charge in [0.2, 0.25) is 0 Å². The molecular formula is C23H38O4S. The van der Waals surface area contributed by atoms with Gasteiger partial charge >= 0.3 is 0 Å². The lowest BCUT2D eigenvalue weighted by Crippen LogP contribution is -2.51. The summed E-state index contributed by atoms with van der Waals surface area (Å²) >= 11 is 2.14.